The van der Waals surface area contributed by atoms with Gasteiger partial charge in [0.25, 0.3) is 0 Å². The van der Waals surface area contributed by atoms with Gasteiger partial charge in [-0.3, -0.25) is 4.79 Å². The van der Waals surface area contributed by atoms with E-state index in [2.05, 4.69) is 13.8 Å². The summed E-state index contributed by atoms with van der Waals surface area (Å²) < 4.78 is 49.1. The molecule has 7 nitrogen and oxygen atoms in total. The molecule has 0 saturated carbocycles. The molecule has 12 heteroatoms. The van der Waals surface area contributed by atoms with E-state index in [1.54, 1.807) is 13.1 Å². The number of hydrogen-bond donors (Lipinski definition) is 2. The monoisotopic (exact) mass is 567 g/mol. The second-order valence-corrected chi connectivity index (χ2v) is 7.05. The molecule has 1 aromatic heterocycles. The summed E-state index contributed by atoms with van der Waals surface area (Å²) >= 11 is 7.29. The van der Waals surface area contributed by atoms with Crippen molar-refractivity contribution >= 4 is 51.7 Å². The summed E-state index contributed by atoms with van der Waals surface area (Å²) in [6.45, 7) is -0.0632. The molecule has 31 heavy (non-hydrogen) atoms. The standard InChI is InChI=1S/C19H18ClF3IN5O2/c1-26-14-8-13(27-15(10-25)18(14)28-24)11-3-4-16(12(7-11)19(21,22)23)31-6-5-29(2)17(30)9-20/h3-4,7-8,28H,5-6,9H2,1-2H3,(H,26,27). The van der Waals surface area contributed by atoms with Gasteiger partial charge in [-0.25, -0.2) is 4.98 Å². The minimum atomic E-state index is -4.68. The van der Waals surface area contributed by atoms with Crippen LogP contribution in [-0.4, -0.2) is 48.9 Å². The topological polar surface area (TPSA) is 90.3 Å². The predicted molar refractivity (Wildman–Crippen MR) is 120 cm³/mol. The molecular formula is C19H18ClF3IN5O2. The van der Waals surface area contributed by atoms with Crippen molar-refractivity contribution in [3.8, 4) is 23.1 Å². The Hall–Kier alpha value is -2.46. The predicted octanol–water partition coefficient (Wildman–Crippen LogP) is 4.52. The molecule has 2 N–H and O–H groups in total. The lowest BCUT2D eigenvalue weighted by atomic mass is 10.0. The van der Waals surface area contributed by atoms with E-state index in [4.69, 9.17) is 16.3 Å². The molecule has 1 heterocycles. The van der Waals surface area contributed by atoms with Gasteiger partial charge < -0.3 is 18.5 Å². The molecule has 0 atom stereocenters. The van der Waals surface area contributed by atoms with Gasteiger partial charge in [0.2, 0.25) is 5.91 Å². The van der Waals surface area contributed by atoms with Gasteiger partial charge in [0.05, 0.1) is 46.4 Å². The Bertz CT molecular complexity index is 998. The van der Waals surface area contributed by atoms with Crippen molar-refractivity contribution in [3.63, 3.8) is 0 Å². The first-order valence-electron chi connectivity index (χ1n) is 8.80. The number of pyridine rings is 1. The van der Waals surface area contributed by atoms with Gasteiger partial charge in [-0.05, 0) is 24.3 Å². The number of rotatable bonds is 8. The van der Waals surface area contributed by atoms with Gasteiger partial charge in [0.1, 0.15) is 30.0 Å². The van der Waals surface area contributed by atoms with Gasteiger partial charge in [-0.15, -0.1) is 11.6 Å². The van der Waals surface area contributed by atoms with Crippen LogP contribution in [0.2, 0.25) is 0 Å². The fourth-order valence-corrected chi connectivity index (χ4v) is 3.37. The molecule has 0 aliphatic rings. The number of nitriles is 1. The minimum absolute atomic E-state index is 0.0390. The van der Waals surface area contributed by atoms with Gasteiger partial charge in [-0.1, -0.05) is 0 Å². The lowest BCUT2D eigenvalue weighted by Gasteiger charge is -2.19. The lowest BCUT2D eigenvalue weighted by Crippen LogP contribution is -2.31. The lowest BCUT2D eigenvalue weighted by molar-refractivity contribution is -0.139. The van der Waals surface area contributed by atoms with Crippen LogP contribution in [0.3, 0.4) is 0 Å². The first-order chi connectivity index (χ1) is 14.7. The summed E-state index contributed by atoms with van der Waals surface area (Å²) in [4.78, 5) is 16.9. The Morgan fingerprint density at radius 2 is 2.10 bits per heavy atom. The third-order valence-electron chi connectivity index (χ3n) is 4.29. The molecule has 0 radical (unpaired) electrons. The van der Waals surface area contributed by atoms with Crippen LogP contribution in [0.15, 0.2) is 24.3 Å². The molecule has 1 aromatic carbocycles. The Morgan fingerprint density at radius 1 is 1.39 bits per heavy atom. The second-order valence-electron chi connectivity index (χ2n) is 6.24. The van der Waals surface area contributed by atoms with Crippen LogP contribution >= 0.6 is 34.5 Å². The highest BCUT2D eigenvalue weighted by atomic mass is 127. The number of carbonyl (C=O) groups excluding carboxylic acids is 1. The van der Waals surface area contributed by atoms with E-state index in [-0.39, 0.29) is 47.6 Å². The van der Waals surface area contributed by atoms with Gasteiger partial charge in [-0.2, -0.15) is 18.4 Å². The number of hydrogen-bond acceptors (Lipinski definition) is 6. The number of alkyl halides is 4. The molecule has 2 rings (SSSR count). The fraction of sp³-hybridized carbons (Fsp3) is 0.316. The maximum Gasteiger partial charge on any atom is 0.419 e. The molecule has 0 aliphatic carbocycles. The summed E-state index contributed by atoms with van der Waals surface area (Å²) in [7, 11) is 3.11. The first-order valence-corrected chi connectivity index (χ1v) is 10.4. The van der Waals surface area contributed by atoms with Crippen LogP contribution in [0.25, 0.3) is 11.3 Å². The molecule has 0 aliphatic heterocycles. The van der Waals surface area contributed by atoms with Crippen LogP contribution in [0, 0.1) is 11.3 Å². The van der Waals surface area contributed by atoms with Crippen molar-refractivity contribution in [2.75, 3.05) is 42.0 Å². The molecule has 0 bridgehead atoms. The number of halogens is 5. The number of anilines is 2. The zero-order chi connectivity index (χ0) is 23.2. The quantitative estimate of drug-likeness (QED) is 0.277. The summed E-state index contributed by atoms with van der Waals surface area (Å²) in [6.07, 6.45) is -4.68. The van der Waals surface area contributed by atoms with Crippen molar-refractivity contribution < 1.29 is 22.7 Å². The molecule has 0 fully saturated rings. The van der Waals surface area contributed by atoms with Crippen LogP contribution in [-0.2, 0) is 11.0 Å². The fourth-order valence-electron chi connectivity index (χ4n) is 2.62. The van der Waals surface area contributed by atoms with E-state index in [9.17, 15) is 23.2 Å². The van der Waals surface area contributed by atoms with Crippen LogP contribution in [0.5, 0.6) is 5.75 Å². The van der Waals surface area contributed by atoms with E-state index < -0.39 is 11.7 Å². The maximum atomic E-state index is 13.7. The van der Waals surface area contributed by atoms with Crippen molar-refractivity contribution in [1.82, 2.24) is 9.88 Å². The van der Waals surface area contributed by atoms with Crippen LogP contribution in [0.4, 0.5) is 24.5 Å². The Balaban J connectivity index is 2.40. The first kappa shape index (κ1) is 24.8. The summed E-state index contributed by atoms with van der Waals surface area (Å²) in [5.74, 6) is -0.958. The average Bonchev–Trinajstić information content (AvgIpc) is 2.76. The van der Waals surface area contributed by atoms with Crippen LogP contribution in [0.1, 0.15) is 11.3 Å². The number of amides is 1. The maximum absolute atomic E-state index is 13.7. The van der Waals surface area contributed by atoms with E-state index in [1.807, 2.05) is 28.9 Å². The molecule has 1 amide bonds. The zero-order valence-electron chi connectivity index (χ0n) is 16.5. The summed E-state index contributed by atoms with van der Waals surface area (Å²) in [5, 5.41) is 12.2. The smallest absolute Gasteiger partial charge is 0.419 e. The van der Waals surface area contributed by atoms with E-state index in [0.717, 1.165) is 6.07 Å². The molecule has 0 unspecified atom stereocenters. The average molecular weight is 568 g/mol. The number of nitrogens with zero attached hydrogens (tertiary/aromatic N) is 3. The Kier molecular flexibility index (Phi) is 8.58. The third kappa shape index (κ3) is 6.04. The minimum Gasteiger partial charge on any atom is -0.491 e. The third-order valence-corrected chi connectivity index (χ3v) is 5.06. The van der Waals surface area contributed by atoms with Gasteiger partial charge in [0.15, 0.2) is 5.69 Å². The van der Waals surface area contributed by atoms with Crippen LogP contribution < -0.4 is 13.6 Å². The van der Waals surface area contributed by atoms with Crippen molar-refractivity contribution in [3.05, 3.63) is 35.5 Å². The second kappa shape index (κ2) is 10.7. The summed E-state index contributed by atoms with van der Waals surface area (Å²) in [6, 6.07) is 7.02. The summed E-state index contributed by atoms with van der Waals surface area (Å²) in [5.41, 5.74) is 0.358. The van der Waals surface area contributed by atoms with Crippen molar-refractivity contribution in [2.24, 2.45) is 0 Å². The van der Waals surface area contributed by atoms with Gasteiger partial charge in [0, 0.05) is 19.7 Å². The Morgan fingerprint density at radius 3 is 2.65 bits per heavy atom. The zero-order valence-corrected chi connectivity index (χ0v) is 19.4. The number of benzene rings is 1. The highest BCUT2D eigenvalue weighted by Gasteiger charge is 2.35. The van der Waals surface area contributed by atoms with E-state index in [0.29, 0.717) is 11.4 Å². The van der Waals surface area contributed by atoms with E-state index >= 15 is 0 Å². The van der Waals surface area contributed by atoms with Crippen molar-refractivity contribution in [1.29, 1.82) is 5.26 Å². The number of ether oxygens (including phenoxy) is 1. The number of aromatic nitrogens is 1. The number of carbonyl (C=O) groups is 1. The van der Waals surface area contributed by atoms with Crippen molar-refractivity contribution in [2.45, 2.75) is 6.18 Å². The highest BCUT2D eigenvalue weighted by Crippen LogP contribution is 2.39. The highest BCUT2D eigenvalue weighted by molar-refractivity contribution is 14.1. The molecule has 0 saturated heterocycles. The number of likely N-dealkylation sites (N-methyl/N-ethyl adjacent to an activating group) is 1. The normalized spacial score (nSPS) is 10.9. The number of nitrogens with one attached hydrogen (secondary N) is 2. The molecule has 2 aromatic rings. The molecule has 0 spiro atoms. The van der Waals surface area contributed by atoms with Gasteiger partial charge >= 0.3 is 6.18 Å². The largest absolute Gasteiger partial charge is 0.491 e. The molecular weight excluding hydrogens is 550 g/mol. The Labute approximate surface area is 196 Å². The SMILES string of the molecule is CNc1cc(-c2ccc(OCCN(C)C(=O)CCl)c(C(F)(F)F)c2)nc(C#N)c1NI. The van der Waals surface area contributed by atoms with E-state index in [1.165, 1.54) is 24.1 Å². The molecule has 166 valence electrons.